The van der Waals surface area contributed by atoms with Crippen LogP contribution in [0.25, 0.3) is 11.0 Å². The molecule has 2 fully saturated rings. The molecule has 2 saturated heterocycles. The van der Waals surface area contributed by atoms with E-state index in [9.17, 15) is 9.59 Å². The van der Waals surface area contributed by atoms with Crippen LogP contribution in [0.15, 0.2) is 59.4 Å². The van der Waals surface area contributed by atoms with Crippen LogP contribution in [0.2, 0.25) is 0 Å². The maximum absolute atomic E-state index is 13.7. The Hall–Kier alpha value is -3.19. The second-order valence-electron chi connectivity index (χ2n) is 9.78. The van der Waals surface area contributed by atoms with Crippen LogP contribution in [0.1, 0.15) is 37.7 Å². The van der Waals surface area contributed by atoms with Gasteiger partial charge in [0.1, 0.15) is 0 Å². The van der Waals surface area contributed by atoms with Gasteiger partial charge in [-0.1, -0.05) is 48.9 Å². The Morgan fingerprint density at radius 2 is 1.71 bits per heavy atom. The molecule has 1 aromatic heterocycles. The first-order chi connectivity index (χ1) is 17.2. The third-order valence-electron chi connectivity index (χ3n) is 7.29. The van der Waals surface area contributed by atoms with Crippen molar-refractivity contribution >= 4 is 22.8 Å². The van der Waals surface area contributed by atoms with Gasteiger partial charge in [0.15, 0.2) is 5.82 Å². The predicted octanol–water partition coefficient (Wildman–Crippen LogP) is 3.26. The monoisotopic (exact) mass is 473 g/mol. The number of hydrogen-bond donors (Lipinski definition) is 1. The van der Waals surface area contributed by atoms with Crippen molar-refractivity contribution in [1.82, 2.24) is 19.8 Å². The summed E-state index contributed by atoms with van der Waals surface area (Å²) in [5, 5.41) is 3.15. The third kappa shape index (κ3) is 5.56. The molecule has 5 rings (SSSR count). The van der Waals surface area contributed by atoms with E-state index < -0.39 is 0 Å². The lowest BCUT2D eigenvalue weighted by atomic mass is 9.97. The number of carbonyl (C=O) groups excluding carboxylic acids is 1. The molecule has 2 aliphatic heterocycles. The number of hydrogen-bond acceptors (Lipinski definition) is 5. The lowest BCUT2D eigenvalue weighted by Gasteiger charge is -2.33. The molecule has 1 amide bonds. The molecule has 184 valence electrons. The van der Waals surface area contributed by atoms with Gasteiger partial charge in [0.2, 0.25) is 5.91 Å². The maximum Gasteiger partial charge on any atom is 0.294 e. The van der Waals surface area contributed by atoms with E-state index >= 15 is 0 Å². The van der Waals surface area contributed by atoms with Gasteiger partial charge in [-0.2, -0.15) is 0 Å². The average Bonchev–Trinajstić information content (AvgIpc) is 2.91. The van der Waals surface area contributed by atoms with E-state index in [0.29, 0.717) is 25.5 Å². The number of anilines is 1. The smallest absolute Gasteiger partial charge is 0.294 e. The zero-order valence-corrected chi connectivity index (χ0v) is 20.4. The first-order valence-electron chi connectivity index (χ1n) is 13.0. The van der Waals surface area contributed by atoms with Crippen molar-refractivity contribution in [2.45, 2.75) is 38.6 Å². The first kappa shape index (κ1) is 23.5. The van der Waals surface area contributed by atoms with Crippen LogP contribution in [0.5, 0.6) is 0 Å². The largest absolute Gasteiger partial charge is 0.355 e. The van der Waals surface area contributed by atoms with Crippen molar-refractivity contribution in [3.63, 3.8) is 0 Å². The van der Waals surface area contributed by atoms with Crippen molar-refractivity contribution < 1.29 is 4.79 Å². The molecule has 2 aromatic carbocycles. The number of nitrogens with one attached hydrogen (secondary N) is 1. The zero-order chi connectivity index (χ0) is 24.0. The predicted molar refractivity (Wildman–Crippen MR) is 140 cm³/mol. The van der Waals surface area contributed by atoms with Crippen molar-refractivity contribution in [2.75, 3.05) is 44.2 Å². The molecule has 0 bridgehead atoms. The van der Waals surface area contributed by atoms with E-state index in [4.69, 9.17) is 4.98 Å². The molecule has 0 radical (unpaired) electrons. The lowest BCUT2D eigenvalue weighted by Crippen LogP contribution is -2.47. The normalized spacial score (nSPS) is 19.1. The fraction of sp³-hybridized carbons (Fsp3) is 0.464. The molecule has 0 aliphatic carbocycles. The molecular weight excluding hydrogens is 438 g/mol. The third-order valence-corrected chi connectivity index (χ3v) is 7.29. The molecule has 1 atom stereocenters. The highest BCUT2D eigenvalue weighted by Gasteiger charge is 2.28. The number of nitrogens with zero attached hydrogens (tertiary/aromatic N) is 4. The van der Waals surface area contributed by atoms with Crippen molar-refractivity contribution in [3.05, 3.63) is 70.5 Å². The summed E-state index contributed by atoms with van der Waals surface area (Å²) in [6.07, 6.45) is 5.55. The second-order valence-corrected chi connectivity index (χ2v) is 9.78. The Morgan fingerprint density at radius 3 is 2.54 bits per heavy atom. The Labute approximate surface area is 206 Å². The van der Waals surface area contributed by atoms with Crippen LogP contribution >= 0.6 is 0 Å². The van der Waals surface area contributed by atoms with E-state index in [2.05, 4.69) is 10.2 Å². The van der Waals surface area contributed by atoms with Crippen LogP contribution in [0, 0.1) is 5.92 Å². The van der Waals surface area contributed by atoms with Crippen molar-refractivity contribution in [2.24, 2.45) is 5.92 Å². The van der Waals surface area contributed by atoms with Gasteiger partial charge in [0, 0.05) is 26.2 Å². The fourth-order valence-electron chi connectivity index (χ4n) is 5.36. The topological polar surface area (TPSA) is 70.5 Å². The van der Waals surface area contributed by atoms with Gasteiger partial charge in [0.05, 0.1) is 23.5 Å². The van der Waals surface area contributed by atoms with E-state index in [1.54, 1.807) is 0 Å². The molecule has 1 unspecified atom stereocenters. The molecule has 7 heteroatoms. The minimum atomic E-state index is -0.125. The van der Waals surface area contributed by atoms with Crippen molar-refractivity contribution in [1.29, 1.82) is 0 Å². The molecule has 7 nitrogen and oxygen atoms in total. The van der Waals surface area contributed by atoms with Crippen LogP contribution in [0.4, 0.5) is 5.82 Å². The number of benzene rings is 2. The van der Waals surface area contributed by atoms with Gasteiger partial charge < -0.3 is 15.1 Å². The van der Waals surface area contributed by atoms with Gasteiger partial charge in [-0.15, -0.1) is 0 Å². The first-order valence-corrected chi connectivity index (χ1v) is 13.0. The van der Waals surface area contributed by atoms with Crippen LogP contribution in [-0.2, 0) is 11.3 Å². The van der Waals surface area contributed by atoms with Gasteiger partial charge in [0.25, 0.3) is 5.56 Å². The number of amides is 1. The molecule has 0 saturated carbocycles. The highest BCUT2D eigenvalue weighted by Crippen LogP contribution is 2.22. The molecule has 1 N–H and O–H groups in total. The number of aromatic nitrogens is 2. The highest BCUT2D eigenvalue weighted by atomic mass is 16.2. The molecule has 3 heterocycles. The van der Waals surface area contributed by atoms with E-state index in [0.717, 1.165) is 55.6 Å². The van der Waals surface area contributed by atoms with Crippen LogP contribution in [-0.4, -0.2) is 59.6 Å². The Kier molecular flexibility index (Phi) is 7.42. The Balaban J connectivity index is 1.32. The number of fused-ring (bicyclic) bond motifs is 1. The zero-order valence-electron chi connectivity index (χ0n) is 20.4. The van der Waals surface area contributed by atoms with E-state index in [1.165, 1.54) is 19.3 Å². The van der Waals surface area contributed by atoms with Gasteiger partial charge in [-0.3, -0.25) is 14.2 Å². The van der Waals surface area contributed by atoms with Crippen molar-refractivity contribution in [3.8, 4) is 0 Å². The summed E-state index contributed by atoms with van der Waals surface area (Å²) >= 11 is 0. The number of likely N-dealkylation sites (tertiary alicyclic amines) is 1. The molecule has 0 spiro atoms. The lowest BCUT2D eigenvalue weighted by molar-refractivity contribution is -0.125. The molecule has 2 aliphatic rings. The minimum Gasteiger partial charge on any atom is -0.355 e. The van der Waals surface area contributed by atoms with Gasteiger partial charge in [-0.05, 0) is 56.5 Å². The van der Waals surface area contributed by atoms with Gasteiger partial charge in [-0.25, -0.2) is 4.98 Å². The average molecular weight is 474 g/mol. The summed E-state index contributed by atoms with van der Waals surface area (Å²) in [5.41, 5.74) is 2.60. The summed E-state index contributed by atoms with van der Waals surface area (Å²) in [4.78, 5) is 35.9. The van der Waals surface area contributed by atoms with E-state index in [1.807, 2.05) is 64.1 Å². The number of piperidine rings is 2. The van der Waals surface area contributed by atoms with E-state index in [-0.39, 0.29) is 17.4 Å². The Morgan fingerprint density at radius 1 is 0.943 bits per heavy atom. The quantitative estimate of drug-likeness (QED) is 0.570. The summed E-state index contributed by atoms with van der Waals surface area (Å²) in [6, 6.07) is 17.8. The summed E-state index contributed by atoms with van der Waals surface area (Å²) in [5.74, 6) is 0.419. The SMILES string of the molecule is O=C(NCCN1CCCCC1)C1CCCN(c2nc3ccccc3n(Cc3ccccc3)c2=O)C1. The van der Waals surface area contributed by atoms with Crippen LogP contribution < -0.4 is 15.8 Å². The molecular formula is C28H35N5O2. The summed E-state index contributed by atoms with van der Waals surface area (Å²) in [6.45, 7) is 5.63. The minimum absolute atomic E-state index is 0.0945. The number of carbonyl (C=O) groups is 1. The molecule has 3 aromatic rings. The summed E-state index contributed by atoms with van der Waals surface area (Å²) in [7, 11) is 0. The summed E-state index contributed by atoms with van der Waals surface area (Å²) < 4.78 is 1.81. The Bertz CT molecular complexity index is 1200. The number of para-hydroxylation sites is 2. The number of rotatable bonds is 7. The second kappa shape index (κ2) is 11.0. The van der Waals surface area contributed by atoms with Crippen LogP contribution in [0.3, 0.4) is 0 Å². The maximum atomic E-state index is 13.7. The standard InChI is InChI=1S/C28H35N5O2/c34-27(29-15-19-31-16-7-2-8-17-31)23-12-9-18-32(21-23)26-28(35)33(20-22-10-3-1-4-11-22)25-14-6-5-13-24(25)30-26/h1,3-6,10-11,13-14,23H,2,7-9,12,15-21H2,(H,29,34). The fourth-order valence-corrected chi connectivity index (χ4v) is 5.36. The highest BCUT2D eigenvalue weighted by molar-refractivity contribution is 5.80. The van der Waals surface area contributed by atoms with Gasteiger partial charge >= 0.3 is 0 Å². The molecule has 35 heavy (non-hydrogen) atoms.